The molecular weight excluding hydrogens is 448 g/mol. The molecule has 1 aliphatic rings. The average Bonchev–Trinajstić information content (AvgIpc) is 2.59. The molecule has 0 bridgehead atoms. The predicted molar refractivity (Wildman–Crippen MR) is 102 cm³/mol. The Bertz CT molecular complexity index is 306. The number of hydrogen-bond donors (Lipinski definition) is 0. The molecule has 0 aromatic rings. The SMILES string of the molecule is CC(C)(C)[NH-].CC(C)(C)[NH-].CC(C)(C)[NH-].[F][GeH]([F])[C]1=[C-]CC=C1.[Zr+4]. The van der Waals surface area contributed by atoms with Crippen LogP contribution in [0.3, 0.4) is 0 Å². The first-order valence-electron chi connectivity index (χ1n) is 7.61. The summed E-state index contributed by atoms with van der Waals surface area (Å²) in [6.45, 7) is 16.7. The molecule has 0 atom stereocenters. The molecule has 1 rings (SSSR count). The Kier molecular flexibility index (Phi) is 19.9. The Morgan fingerprint density at radius 3 is 1.17 bits per heavy atom. The molecule has 140 valence electrons. The fraction of sp³-hybridized carbons (Fsp3) is 0.765. The third-order valence-corrected chi connectivity index (χ3v) is 2.78. The number of nitrogens with one attached hydrogen (secondary N) is 3. The van der Waals surface area contributed by atoms with Gasteiger partial charge in [0.2, 0.25) is 0 Å². The summed E-state index contributed by atoms with van der Waals surface area (Å²) in [4.78, 5) is 0. The van der Waals surface area contributed by atoms with E-state index in [0.717, 1.165) is 0 Å². The van der Waals surface area contributed by atoms with Crippen molar-refractivity contribution in [3.8, 4) is 0 Å². The quantitative estimate of drug-likeness (QED) is 0.288. The standard InChI is InChI=1S/C5H5F2Ge.3C4H10N.Zr/c6-8(7)5-3-1-2-4-5;3*1-4(2,3)5;/h1,3,8H,2H2;3*5H,1-3H3;/q4*-1;+4. The average molecular weight is 483 g/mol. The summed E-state index contributed by atoms with van der Waals surface area (Å²) in [5, 5.41) is 0. The van der Waals surface area contributed by atoms with Crippen LogP contribution in [-0.4, -0.2) is 31.9 Å². The second-order valence-corrected chi connectivity index (χ2v) is 10.9. The fourth-order valence-corrected chi connectivity index (χ4v) is 1.73. The van der Waals surface area contributed by atoms with Crippen LogP contribution in [0.15, 0.2) is 16.6 Å². The van der Waals surface area contributed by atoms with E-state index in [1.54, 1.807) is 6.08 Å². The van der Waals surface area contributed by atoms with Gasteiger partial charge in [-0.15, -0.1) is 16.6 Å². The second-order valence-electron chi connectivity index (χ2n) is 8.29. The van der Waals surface area contributed by atoms with E-state index in [9.17, 15) is 7.00 Å². The molecule has 24 heavy (non-hydrogen) atoms. The number of allylic oxidation sites excluding steroid dienone is 4. The number of halogens is 2. The molecule has 0 heterocycles. The molecule has 3 N–H and O–H groups in total. The van der Waals surface area contributed by atoms with Gasteiger partial charge in [0.1, 0.15) is 0 Å². The van der Waals surface area contributed by atoms with Gasteiger partial charge in [-0.3, -0.25) is 0 Å². The Morgan fingerprint density at radius 2 is 1.08 bits per heavy atom. The summed E-state index contributed by atoms with van der Waals surface area (Å²) in [5.74, 6) is 0. The molecule has 0 unspecified atom stereocenters. The zero-order chi connectivity index (χ0) is 19.5. The van der Waals surface area contributed by atoms with Crippen LogP contribution in [0.4, 0.5) is 7.00 Å². The van der Waals surface area contributed by atoms with Crippen molar-refractivity contribution in [3.63, 3.8) is 0 Å². The molecule has 0 aliphatic heterocycles. The van der Waals surface area contributed by atoms with Crippen LogP contribution in [0.25, 0.3) is 17.2 Å². The zero-order valence-electron chi connectivity index (χ0n) is 16.7. The van der Waals surface area contributed by atoms with E-state index < -0.39 is 15.3 Å². The molecule has 0 saturated heterocycles. The summed E-state index contributed by atoms with van der Waals surface area (Å²) >= 11 is -3.91. The van der Waals surface area contributed by atoms with Gasteiger partial charge < -0.3 is 17.2 Å². The van der Waals surface area contributed by atoms with Crippen LogP contribution in [-0.2, 0) is 26.2 Å². The minimum Gasteiger partial charge on any atom is 4.00 e. The molecular formula is C17H35F2GeN3Zr. The Morgan fingerprint density at radius 1 is 0.833 bits per heavy atom. The third-order valence-electron chi connectivity index (χ3n) is 0.957. The van der Waals surface area contributed by atoms with Gasteiger partial charge in [0, 0.05) is 0 Å². The molecule has 0 fully saturated rings. The topological polar surface area (TPSA) is 71.4 Å². The van der Waals surface area contributed by atoms with Crippen molar-refractivity contribution in [1.29, 1.82) is 0 Å². The van der Waals surface area contributed by atoms with Gasteiger partial charge in [-0.25, -0.2) is 0 Å². The van der Waals surface area contributed by atoms with Crippen molar-refractivity contribution in [2.45, 2.75) is 85.4 Å². The van der Waals surface area contributed by atoms with E-state index in [1.807, 2.05) is 62.3 Å². The molecule has 0 spiro atoms. The van der Waals surface area contributed by atoms with Crippen LogP contribution < -0.4 is 0 Å². The van der Waals surface area contributed by atoms with Gasteiger partial charge >= 0.3 is 77.5 Å². The first-order chi connectivity index (χ1) is 9.80. The van der Waals surface area contributed by atoms with Gasteiger partial charge in [0.25, 0.3) is 0 Å². The molecule has 0 aromatic carbocycles. The van der Waals surface area contributed by atoms with Crippen molar-refractivity contribution in [2.24, 2.45) is 0 Å². The van der Waals surface area contributed by atoms with Crippen LogP contribution in [0.1, 0.15) is 68.7 Å². The minimum absolute atomic E-state index is 0. The molecule has 0 amide bonds. The van der Waals surface area contributed by atoms with E-state index in [0.29, 0.717) is 6.42 Å². The summed E-state index contributed by atoms with van der Waals surface area (Å²) in [6.07, 6.45) is 6.39. The van der Waals surface area contributed by atoms with Crippen LogP contribution in [0.2, 0.25) is 0 Å². The maximum atomic E-state index is 11.8. The third kappa shape index (κ3) is 78.2. The molecule has 0 saturated carbocycles. The van der Waals surface area contributed by atoms with E-state index >= 15 is 0 Å². The zero-order valence-corrected chi connectivity index (χ0v) is 21.6. The van der Waals surface area contributed by atoms with Crippen molar-refractivity contribution >= 4 is 15.3 Å². The van der Waals surface area contributed by atoms with Crippen LogP contribution in [0.5, 0.6) is 0 Å². The van der Waals surface area contributed by atoms with E-state index in [-0.39, 0.29) is 47.2 Å². The summed E-state index contributed by atoms with van der Waals surface area (Å²) < 4.78 is 23.8. The molecule has 0 aromatic heterocycles. The van der Waals surface area contributed by atoms with Crippen LogP contribution in [0, 0.1) is 6.08 Å². The molecule has 7 heteroatoms. The minimum atomic E-state index is -3.91. The Balaban J connectivity index is -0.000000113. The van der Waals surface area contributed by atoms with Gasteiger partial charge in [0.05, 0.1) is 0 Å². The van der Waals surface area contributed by atoms with Crippen LogP contribution >= 0.6 is 0 Å². The largest absolute Gasteiger partial charge is 4.00 e. The van der Waals surface area contributed by atoms with Crippen molar-refractivity contribution < 1.29 is 33.2 Å². The van der Waals surface area contributed by atoms with E-state index in [1.165, 1.54) is 6.08 Å². The molecule has 3 nitrogen and oxygen atoms in total. The van der Waals surface area contributed by atoms with Gasteiger partial charge in [-0.1, -0.05) is 62.3 Å². The smallest absolute Gasteiger partial charge is 4.00 e. The first kappa shape index (κ1) is 32.3. The van der Waals surface area contributed by atoms with E-state index in [2.05, 4.69) is 6.08 Å². The maximum Gasteiger partial charge on any atom is 4.00 e. The van der Waals surface area contributed by atoms with Gasteiger partial charge in [0.15, 0.2) is 0 Å². The number of hydrogen-bond acceptors (Lipinski definition) is 0. The fourth-order valence-electron chi connectivity index (χ4n) is 0.571. The normalized spacial score (nSPS) is 13.4. The van der Waals surface area contributed by atoms with Crippen molar-refractivity contribution in [3.05, 3.63) is 39.8 Å². The number of rotatable bonds is 1. The molecule has 1 aliphatic carbocycles. The second kappa shape index (κ2) is 14.8. The summed E-state index contributed by atoms with van der Waals surface area (Å²) in [6, 6.07) is 0. The maximum absolute atomic E-state index is 11.8. The first-order valence-corrected chi connectivity index (χ1v) is 10.7. The monoisotopic (exact) mass is 483 g/mol. The summed E-state index contributed by atoms with van der Waals surface area (Å²) in [5.41, 5.74) is 20.1. The van der Waals surface area contributed by atoms with Crippen molar-refractivity contribution in [2.75, 3.05) is 0 Å². The Labute approximate surface area is 173 Å². The predicted octanol–water partition coefficient (Wildman–Crippen LogP) is 6.88. The molecule has 0 radical (unpaired) electrons. The van der Waals surface area contributed by atoms with Gasteiger partial charge in [-0.2, -0.15) is 0 Å². The van der Waals surface area contributed by atoms with Crippen molar-refractivity contribution in [1.82, 2.24) is 0 Å². The van der Waals surface area contributed by atoms with E-state index in [4.69, 9.17) is 17.2 Å². The summed E-state index contributed by atoms with van der Waals surface area (Å²) in [7, 11) is 0. The Hall–Kier alpha value is 0.646. The van der Waals surface area contributed by atoms with Gasteiger partial charge in [-0.05, 0) is 0 Å².